The average molecular weight is 468 g/mol. The van der Waals surface area contributed by atoms with Crippen molar-refractivity contribution < 1.29 is 24.1 Å². The fourth-order valence-electron chi connectivity index (χ4n) is 3.31. The number of nitrogens with zero attached hydrogens (tertiary/aromatic N) is 3. The summed E-state index contributed by atoms with van der Waals surface area (Å²) in [4.78, 5) is 12.9. The van der Waals surface area contributed by atoms with Gasteiger partial charge in [0.25, 0.3) is 0 Å². The molecule has 0 bridgehead atoms. The lowest BCUT2D eigenvalue weighted by Crippen LogP contribution is -2.14. The number of phenols is 1. The molecule has 8 nitrogen and oxygen atoms in total. The van der Waals surface area contributed by atoms with Crippen LogP contribution in [0.1, 0.15) is 46.1 Å². The molecule has 3 rings (SSSR count). The molecule has 3 aromatic rings. The largest absolute Gasteiger partial charge is 0.505 e. The van der Waals surface area contributed by atoms with Gasteiger partial charge in [-0.1, -0.05) is 27.4 Å². The third-order valence-corrected chi connectivity index (χ3v) is 5.34. The van der Waals surface area contributed by atoms with Crippen LogP contribution in [0.25, 0.3) is 16.7 Å². The summed E-state index contributed by atoms with van der Waals surface area (Å²) < 4.78 is 16.7. The Morgan fingerprint density at radius 2 is 1.76 bits per heavy atom. The van der Waals surface area contributed by atoms with E-state index in [0.29, 0.717) is 47.0 Å². The van der Waals surface area contributed by atoms with Gasteiger partial charge in [-0.05, 0) is 49.0 Å². The summed E-state index contributed by atoms with van der Waals surface area (Å²) in [5.74, 6) is 1.34. The van der Waals surface area contributed by atoms with Gasteiger partial charge in [-0.3, -0.25) is 4.79 Å². The number of benzene rings is 2. The number of carbonyl (C=O) groups excluding carboxylic acids is 1. The molecular formula is C26H33N3O5. The first-order valence-electron chi connectivity index (χ1n) is 11.3. The second-order valence-corrected chi connectivity index (χ2v) is 9.24. The Kier molecular flexibility index (Phi) is 7.94. The standard InChI is InChI=1S/C26H33N3O5/c1-17(2)24(30)16-33-11-7-8-12-34-19-13-20(26(3,4)5)25(31)23(15-19)29-27-21-10-9-18(32-6)14-22(21)28-29/h9-10,13-15,31H,1,7-8,11-12,16H2,2-6H3. The number of rotatable bonds is 11. The van der Waals surface area contributed by atoms with Crippen LogP contribution < -0.4 is 9.47 Å². The molecule has 1 aromatic heterocycles. The van der Waals surface area contributed by atoms with Crippen molar-refractivity contribution in [3.63, 3.8) is 0 Å². The molecule has 0 fully saturated rings. The minimum absolute atomic E-state index is 0.0591. The molecule has 0 aliphatic carbocycles. The maximum Gasteiger partial charge on any atom is 0.183 e. The number of aromatic hydroxyl groups is 1. The zero-order valence-corrected chi connectivity index (χ0v) is 20.6. The van der Waals surface area contributed by atoms with Gasteiger partial charge in [0, 0.05) is 24.3 Å². The van der Waals surface area contributed by atoms with E-state index in [2.05, 4.69) is 16.8 Å². The minimum Gasteiger partial charge on any atom is -0.505 e. The van der Waals surface area contributed by atoms with Crippen molar-refractivity contribution in [3.8, 4) is 22.9 Å². The van der Waals surface area contributed by atoms with Gasteiger partial charge < -0.3 is 19.3 Å². The van der Waals surface area contributed by atoms with Crippen LogP contribution >= 0.6 is 0 Å². The van der Waals surface area contributed by atoms with Gasteiger partial charge in [-0.15, -0.1) is 15.0 Å². The van der Waals surface area contributed by atoms with E-state index < -0.39 is 0 Å². The predicted octanol–water partition coefficient (Wildman–Crippen LogP) is 4.75. The number of methoxy groups -OCH3 is 1. The van der Waals surface area contributed by atoms with Crippen LogP contribution in [0, 0.1) is 0 Å². The molecule has 8 heteroatoms. The monoisotopic (exact) mass is 467 g/mol. The molecule has 0 aliphatic rings. The molecule has 0 saturated heterocycles. The molecule has 182 valence electrons. The number of phenolic OH excluding ortho intramolecular Hbond substituents is 1. The van der Waals surface area contributed by atoms with Crippen LogP contribution in [-0.2, 0) is 14.9 Å². The highest BCUT2D eigenvalue weighted by Crippen LogP contribution is 2.38. The molecule has 0 radical (unpaired) electrons. The number of unbranched alkanes of at least 4 members (excludes halogenated alkanes) is 1. The van der Waals surface area contributed by atoms with Crippen molar-refractivity contribution in [2.24, 2.45) is 0 Å². The Balaban J connectivity index is 1.74. The summed E-state index contributed by atoms with van der Waals surface area (Å²) in [6, 6.07) is 9.04. The molecule has 1 heterocycles. The summed E-state index contributed by atoms with van der Waals surface area (Å²) in [6.07, 6.45) is 1.51. The summed E-state index contributed by atoms with van der Waals surface area (Å²) in [7, 11) is 1.60. The molecular weight excluding hydrogens is 434 g/mol. The Bertz CT molecular complexity index is 1180. The van der Waals surface area contributed by atoms with Crippen LogP contribution in [0.15, 0.2) is 42.5 Å². The lowest BCUT2D eigenvalue weighted by Gasteiger charge is -2.23. The van der Waals surface area contributed by atoms with E-state index in [1.807, 2.05) is 39.0 Å². The fourth-order valence-corrected chi connectivity index (χ4v) is 3.31. The molecule has 0 saturated carbocycles. The van der Waals surface area contributed by atoms with Gasteiger partial charge in [-0.25, -0.2) is 0 Å². The van der Waals surface area contributed by atoms with E-state index in [1.54, 1.807) is 26.2 Å². The highest BCUT2D eigenvalue weighted by Gasteiger charge is 2.24. The number of hydrogen-bond donors (Lipinski definition) is 1. The molecule has 2 aromatic carbocycles. The lowest BCUT2D eigenvalue weighted by molar-refractivity contribution is -0.119. The van der Waals surface area contributed by atoms with Gasteiger partial charge in [0.05, 0.1) is 13.7 Å². The number of carbonyl (C=O) groups is 1. The van der Waals surface area contributed by atoms with Crippen LogP contribution in [0.2, 0.25) is 0 Å². The number of hydrogen-bond acceptors (Lipinski definition) is 7. The van der Waals surface area contributed by atoms with E-state index in [1.165, 1.54) is 4.80 Å². The van der Waals surface area contributed by atoms with Crippen molar-refractivity contribution in [2.75, 3.05) is 26.9 Å². The van der Waals surface area contributed by atoms with E-state index in [0.717, 1.165) is 18.4 Å². The van der Waals surface area contributed by atoms with Gasteiger partial charge in [-0.2, -0.15) is 0 Å². The van der Waals surface area contributed by atoms with Gasteiger partial charge in [0.1, 0.15) is 40.6 Å². The van der Waals surface area contributed by atoms with Crippen LogP contribution in [-0.4, -0.2) is 52.8 Å². The SMILES string of the molecule is C=C(C)C(=O)COCCCCOc1cc(-n2nc3ccc(OC)cc3n2)c(O)c(C(C)(C)C)c1. The maximum absolute atomic E-state index is 11.5. The number of aromatic nitrogens is 3. The summed E-state index contributed by atoms with van der Waals surface area (Å²) in [5, 5.41) is 20.1. The average Bonchev–Trinajstić information content (AvgIpc) is 3.21. The van der Waals surface area contributed by atoms with Crippen molar-refractivity contribution in [1.29, 1.82) is 0 Å². The van der Waals surface area contributed by atoms with Crippen LogP contribution in [0.4, 0.5) is 0 Å². The molecule has 34 heavy (non-hydrogen) atoms. The fraction of sp³-hybridized carbons (Fsp3) is 0.423. The second-order valence-electron chi connectivity index (χ2n) is 9.24. The Morgan fingerprint density at radius 1 is 1.06 bits per heavy atom. The number of ketones is 1. The highest BCUT2D eigenvalue weighted by molar-refractivity contribution is 5.95. The van der Waals surface area contributed by atoms with Crippen molar-refractivity contribution in [1.82, 2.24) is 15.0 Å². The summed E-state index contributed by atoms with van der Waals surface area (Å²) in [5.41, 5.74) is 2.71. The number of fused-ring (bicyclic) bond motifs is 1. The Hall–Kier alpha value is -3.39. The number of ether oxygens (including phenoxy) is 3. The minimum atomic E-state index is -0.322. The Morgan fingerprint density at radius 3 is 2.44 bits per heavy atom. The lowest BCUT2D eigenvalue weighted by atomic mass is 9.86. The van der Waals surface area contributed by atoms with E-state index in [-0.39, 0.29) is 23.6 Å². The third kappa shape index (κ3) is 6.14. The molecule has 0 atom stereocenters. The molecule has 0 unspecified atom stereocenters. The normalized spacial score (nSPS) is 11.6. The molecule has 0 spiro atoms. The van der Waals surface area contributed by atoms with Gasteiger partial charge in [0.2, 0.25) is 0 Å². The van der Waals surface area contributed by atoms with Crippen molar-refractivity contribution >= 4 is 16.8 Å². The number of Topliss-reactive ketones (excluding diaryl/α,β-unsaturated/α-hetero) is 1. The maximum atomic E-state index is 11.5. The van der Waals surface area contributed by atoms with Crippen molar-refractivity contribution in [2.45, 2.75) is 46.0 Å². The first kappa shape index (κ1) is 25.2. The predicted molar refractivity (Wildman–Crippen MR) is 131 cm³/mol. The quantitative estimate of drug-likeness (QED) is 0.321. The van der Waals surface area contributed by atoms with E-state index in [4.69, 9.17) is 14.2 Å². The summed E-state index contributed by atoms with van der Waals surface area (Å²) in [6.45, 7) is 12.4. The smallest absolute Gasteiger partial charge is 0.183 e. The molecule has 0 amide bonds. The second kappa shape index (κ2) is 10.7. The Labute approximate surface area is 200 Å². The zero-order valence-electron chi connectivity index (χ0n) is 20.6. The van der Waals surface area contributed by atoms with Crippen LogP contribution in [0.5, 0.6) is 17.2 Å². The highest BCUT2D eigenvalue weighted by atomic mass is 16.5. The summed E-state index contributed by atoms with van der Waals surface area (Å²) >= 11 is 0. The van der Waals surface area contributed by atoms with E-state index in [9.17, 15) is 9.90 Å². The topological polar surface area (TPSA) is 95.7 Å². The van der Waals surface area contributed by atoms with Gasteiger partial charge >= 0.3 is 0 Å². The molecule has 1 N–H and O–H groups in total. The zero-order chi connectivity index (χ0) is 24.9. The van der Waals surface area contributed by atoms with Crippen molar-refractivity contribution in [3.05, 3.63) is 48.0 Å². The van der Waals surface area contributed by atoms with Crippen LogP contribution in [0.3, 0.4) is 0 Å². The first-order chi connectivity index (χ1) is 16.1. The molecule has 0 aliphatic heterocycles. The first-order valence-corrected chi connectivity index (χ1v) is 11.3. The third-order valence-electron chi connectivity index (χ3n) is 5.34. The van der Waals surface area contributed by atoms with E-state index >= 15 is 0 Å². The van der Waals surface area contributed by atoms with Gasteiger partial charge in [0.15, 0.2) is 5.78 Å².